The summed E-state index contributed by atoms with van der Waals surface area (Å²) in [4.78, 5) is 27.6. The number of rotatable bonds is 2. The van der Waals surface area contributed by atoms with E-state index in [0.29, 0.717) is 18.4 Å². The van der Waals surface area contributed by atoms with E-state index in [1.54, 1.807) is 43.3 Å². The highest BCUT2D eigenvalue weighted by Crippen LogP contribution is 2.63. The monoisotopic (exact) mass is 456 g/mol. The first-order valence-electron chi connectivity index (χ1n) is 11.9. The van der Waals surface area contributed by atoms with Crippen molar-refractivity contribution in [2.24, 2.45) is 28.1 Å². The summed E-state index contributed by atoms with van der Waals surface area (Å²) >= 11 is 0. The molecule has 33 heavy (non-hydrogen) atoms. The predicted octanol–water partition coefficient (Wildman–Crippen LogP) is 3.29. The van der Waals surface area contributed by atoms with Crippen molar-refractivity contribution in [2.45, 2.75) is 77.8 Å². The SMILES string of the molecule is C[C@@H]1C[C@]2(OC(=O)c3ccccc3)C(=O)[C@@]3(C)/C=C\C(C)(C)[C@@H](O)CC[C@@]3(C)[C@H](O)[C@H]2[C@H]1O. The maximum atomic E-state index is 14.4. The summed E-state index contributed by atoms with van der Waals surface area (Å²) < 4.78 is 6.03. The molecule has 0 bridgehead atoms. The first-order valence-corrected chi connectivity index (χ1v) is 11.9. The molecule has 0 radical (unpaired) electrons. The van der Waals surface area contributed by atoms with Crippen LogP contribution >= 0.6 is 0 Å². The van der Waals surface area contributed by atoms with Crippen molar-refractivity contribution in [1.29, 1.82) is 0 Å². The number of carbonyl (C=O) groups excluding carboxylic acids is 2. The minimum atomic E-state index is -1.63. The van der Waals surface area contributed by atoms with Crippen LogP contribution in [-0.2, 0) is 9.53 Å². The molecule has 0 heterocycles. The summed E-state index contributed by atoms with van der Waals surface area (Å²) in [5.74, 6) is -2.20. The third-order valence-corrected chi connectivity index (χ3v) is 9.08. The average molecular weight is 457 g/mol. The second kappa shape index (κ2) is 7.76. The molecule has 0 spiro atoms. The number of ether oxygens (including phenoxy) is 1. The zero-order valence-corrected chi connectivity index (χ0v) is 20.1. The quantitative estimate of drug-likeness (QED) is 0.466. The maximum Gasteiger partial charge on any atom is 0.339 e. The lowest BCUT2D eigenvalue weighted by Crippen LogP contribution is -2.70. The van der Waals surface area contributed by atoms with Gasteiger partial charge in [0.05, 0.1) is 35.2 Å². The molecule has 4 rings (SSSR count). The highest BCUT2D eigenvalue weighted by Gasteiger charge is 2.74. The molecule has 0 amide bonds. The molecule has 0 unspecified atom stereocenters. The van der Waals surface area contributed by atoms with Crippen molar-refractivity contribution >= 4 is 11.8 Å². The van der Waals surface area contributed by atoms with E-state index in [2.05, 4.69) is 0 Å². The fraction of sp³-hybridized carbons (Fsp3) is 0.630. The lowest BCUT2D eigenvalue weighted by Gasteiger charge is -2.59. The van der Waals surface area contributed by atoms with Crippen molar-refractivity contribution in [3.63, 3.8) is 0 Å². The zero-order chi connectivity index (χ0) is 24.4. The summed E-state index contributed by atoms with van der Waals surface area (Å²) in [6, 6.07) is 8.48. The highest BCUT2D eigenvalue weighted by atomic mass is 16.6. The Labute approximate surface area is 195 Å². The molecule has 1 aromatic rings. The van der Waals surface area contributed by atoms with Crippen LogP contribution in [0.25, 0.3) is 0 Å². The van der Waals surface area contributed by atoms with Gasteiger partial charge < -0.3 is 20.1 Å². The smallest absolute Gasteiger partial charge is 0.339 e. The Kier molecular flexibility index (Phi) is 5.67. The number of Topliss-reactive ketones (excluding diaryl/α,β-unsaturated/α-hetero) is 1. The second-order valence-corrected chi connectivity index (χ2v) is 11.4. The van der Waals surface area contributed by atoms with E-state index in [0.717, 1.165) is 0 Å². The van der Waals surface area contributed by atoms with E-state index in [4.69, 9.17) is 4.74 Å². The number of carbonyl (C=O) groups is 2. The van der Waals surface area contributed by atoms with Crippen molar-refractivity contribution in [2.75, 3.05) is 0 Å². The van der Waals surface area contributed by atoms with E-state index in [-0.39, 0.29) is 18.1 Å². The van der Waals surface area contributed by atoms with Gasteiger partial charge in [-0.05, 0) is 37.8 Å². The topological polar surface area (TPSA) is 104 Å². The largest absolute Gasteiger partial charge is 0.447 e. The van der Waals surface area contributed by atoms with E-state index >= 15 is 0 Å². The molecule has 180 valence electrons. The molecule has 2 saturated carbocycles. The molecule has 3 aliphatic rings. The molecular formula is C27H36O6. The minimum Gasteiger partial charge on any atom is -0.447 e. The van der Waals surface area contributed by atoms with Gasteiger partial charge in [-0.15, -0.1) is 0 Å². The lowest BCUT2D eigenvalue weighted by atomic mass is 9.47. The van der Waals surface area contributed by atoms with Crippen molar-refractivity contribution in [1.82, 2.24) is 0 Å². The Balaban J connectivity index is 1.86. The first-order chi connectivity index (χ1) is 15.3. The third kappa shape index (κ3) is 3.33. The minimum absolute atomic E-state index is 0.152. The number of fused-ring (bicyclic) bond motifs is 2. The fourth-order valence-corrected chi connectivity index (χ4v) is 6.38. The van der Waals surface area contributed by atoms with Gasteiger partial charge in [0.1, 0.15) is 0 Å². The Morgan fingerprint density at radius 3 is 2.30 bits per heavy atom. The number of aliphatic hydroxyl groups excluding tert-OH is 3. The number of aliphatic hydroxyl groups is 3. The number of benzene rings is 1. The number of ketones is 1. The third-order valence-electron chi connectivity index (χ3n) is 9.08. The van der Waals surface area contributed by atoms with Crippen molar-refractivity contribution in [3.8, 4) is 0 Å². The van der Waals surface area contributed by atoms with Gasteiger partial charge >= 0.3 is 5.97 Å². The summed E-state index contributed by atoms with van der Waals surface area (Å²) in [6.45, 7) is 9.30. The van der Waals surface area contributed by atoms with Crippen LogP contribution < -0.4 is 0 Å². The molecule has 6 heteroatoms. The van der Waals surface area contributed by atoms with Crippen LogP contribution in [0.15, 0.2) is 42.5 Å². The fourth-order valence-electron chi connectivity index (χ4n) is 6.38. The van der Waals surface area contributed by atoms with Crippen LogP contribution in [0.5, 0.6) is 0 Å². The molecule has 1 aromatic carbocycles. The Morgan fingerprint density at radius 2 is 1.67 bits per heavy atom. The number of hydrogen-bond acceptors (Lipinski definition) is 6. The molecule has 0 saturated heterocycles. The van der Waals surface area contributed by atoms with Crippen LogP contribution in [0.2, 0.25) is 0 Å². The molecule has 8 atom stereocenters. The summed E-state index contributed by atoms with van der Waals surface area (Å²) in [5.41, 5.74) is -3.97. The van der Waals surface area contributed by atoms with Crippen molar-refractivity contribution < 1.29 is 29.6 Å². The van der Waals surface area contributed by atoms with Gasteiger partial charge in [-0.2, -0.15) is 0 Å². The van der Waals surface area contributed by atoms with Crippen LogP contribution in [-0.4, -0.2) is 51.0 Å². The van der Waals surface area contributed by atoms with Gasteiger partial charge in [0.25, 0.3) is 0 Å². The molecule has 2 fully saturated rings. The van der Waals surface area contributed by atoms with E-state index < -0.39 is 52.0 Å². The molecule has 3 N–H and O–H groups in total. The molecule has 6 nitrogen and oxygen atoms in total. The first kappa shape index (κ1) is 24.1. The van der Waals surface area contributed by atoms with Gasteiger partial charge in [0, 0.05) is 17.3 Å². The van der Waals surface area contributed by atoms with E-state index in [9.17, 15) is 24.9 Å². The van der Waals surface area contributed by atoms with E-state index in [1.165, 1.54) is 0 Å². The summed E-state index contributed by atoms with van der Waals surface area (Å²) in [7, 11) is 0. The molecule has 0 aliphatic heterocycles. The number of hydrogen-bond donors (Lipinski definition) is 3. The van der Waals surface area contributed by atoms with Crippen LogP contribution in [0.4, 0.5) is 0 Å². The van der Waals surface area contributed by atoms with Gasteiger partial charge in [0.15, 0.2) is 11.4 Å². The van der Waals surface area contributed by atoms with Gasteiger partial charge in [-0.3, -0.25) is 4.79 Å². The Hall–Kier alpha value is -2.02. The molecule has 0 aromatic heterocycles. The summed E-state index contributed by atoms with van der Waals surface area (Å²) in [6.07, 6.45) is 1.86. The Morgan fingerprint density at radius 1 is 1.03 bits per heavy atom. The van der Waals surface area contributed by atoms with Gasteiger partial charge in [0.2, 0.25) is 0 Å². The van der Waals surface area contributed by atoms with Crippen molar-refractivity contribution in [3.05, 3.63) is 48.0 Å². The van der Waals surface area contributed by atoms with Crippen LogP contribution in [0.1, 0.15) is 64.2 Å². The highest BCUT2D eigenvalue weighted by molar-refractivity contribution is 6.00. The standard InChI is InChI=1S/C27H36O6/c1-16-15-27(33-22(31)17-9-7-6-8-10-17)19(20(16)29)21(30)25(4)12-11-18(28)24(2,3)13-14-26(25,5)23(27)32/h6-10,13-14,16,18-21,28-30H,11-12,15H2,1-5H3/b14-13-/t16-,18+,19-,20+,21-,25+,26-,27-/m1/s1. The molecule has 3 aliphatic carbocycles. The second-order valence-electron chi connectivity index (χ2n) is 11.4. The normalized spacial score (nSPS) is 45.3. The lowest BCUT2D eigenvalue weighted by molar-refractivity contribution is -0.207. The number of allylic oxidation sites excluding steroid dienone is 1. The average Bonchev–Trinajstić information content (AvgIpc) is 3.04. The van der Waals surface area contributed by atoms with Gasteiger partial charge in [-0.25, -0.2) is 4.79 Å². The molecular weight excluding hydrogens is 420 g/mol. The predicted molar refractivity (Wildman–Crippen MR) is 123 cm³/mol. The van der Waals surface area contributed by atoms with Gasteiger partial charge in [-0.1, -0.05) is 58.0 Å². The van der Waals surface area contributed by atoms with E-state index in [1.807, 2.05) is 33.8 Å². The van der Waals surface area contributed by atoms with Crippen LogP contribution in [0.3, 0.4) is 0 Å². The maximum absolute atomic E-state index is 14.4. The Bertz CT molecular complexity index is 970. The van der Waals surface area contributed by atoms with Crippen LogP contribution in [0, 0.1) is 28.1 Å². The number of esters is 1. The zero-order valence-electron chi connectivity index (χ0n) is 20.1. The summed E-state index contributed by atoms with van der Waals surface area (Å²) in [5, 5.41) is 33.6.